The summed E-state index contributed by atoms with van der Waals surface area (Å²) < 4.78 is 20.6. The number of carbonyl (C=O) groups excluding carboxylic acids is 2. The van der Waals surface area contributed by atoms with Gasteiger partial charge in [-0.05, 0) is 12.1 Å². The molecule has 9 nitrogen and oxygen atoms in total. The first-order valence-electron chi connectivity index (χ1n) is 7.43. The number of esters is 2. The molecule has 2 aromatic rings. The van der Waals surface area contributed by atoms with Crippen LogP contribution < -0.4 is 9.64 Å². The van der Waals surface area contributed by atoms with E-state index in [0.717, 1.165) is 0 Å². The van der Waals surface area contributed by atoms with Crippen LogP contribution >= 0.6 is 11.3 Å². The van der Waals surface area contributed by atoms with Gasteiger partial charge in [-0.15, -0.1) is 5.10 Å². The minimum atomic E-state index is -0.663. The molecule has 1 aliphatic heterocycles. The number of anilines is 1. The Balaban J connectivity index is 1.98. The first-order chi connectivity index (χ1) is 12.6. The fraction of sp³-hybridized carbons (Fsp3) is 0.250. The van der Waals surface area contributed by atoms with E-state index in [1.807, 2.05) is 0 Å². The van der Waals surface area contributed by atoms with Crippen molar-refractivity contribution in [1.29, 1.82) is 0 Å². The molecule has 0 bridgehead atoms. The predicted molar refractivity (Wildman–Crippen MR) is 90.8 cm³/mol. The molecule has 136 valence electrons. The maximum Gasteiger partial charge on any atom is 0.355 e. The van der Waals surface area contributed by atoms with Crippen LogP contribution in [0.2, 0.25) is 0 Å². The Bertz CT molecular complexity index is 836. The molecule has 10 heteroatoms. The molecule has 0 amide bonds. The SMILES string of the molecule is COC(=O)C1=C(C(=O)OC)N(c2cccc(Oc3nncs3)c2)COC1. The third kappa shape index (κ3) is 3.65. The predicted octanol–water partition coefficient (Wildman–Crippen LogP) is 1.72. The summed E-state index contributed by atoms with van der Waals surface area (Å²) in [5.74, 6) is -0.825. The largest absolute Gasteiger partial charge is 0.466 e. The van der Waals surface area contributed by atoms with Crippen LogP contribution in [0.3, 0.4) is 0 Å². The monoisotopic (exact) mass is 377 g/mol. The summed E-state index contributed by atoms with van der Waals surface area (Å²) in [5, 5.41) is 7.91. The number of benzene rings is 1. The summed E-state index contributed by atoms with van der Waals surface area (Å²) in [5.41, 5.74) is 2.28. The molecule has 26 heavy (non-hydrogen) atoms. The molecular weight excluding hydrogens is 362 g/mol. The number of carbonyl (C=O) groups is 2. The number of nitrogens with zero attached hydrogens (tertiary/aromatic N) is 3. The van der Waals surface area contributed by atoms with Gasteiger partial charge < -0.3 is 23.8 Å². The second kappa shape index (κ2) is 7.93. The van der Waals surface area contributed by atoms with E-state index >= 15 is 0 Å². The van der Waals surface area contributed by atoms with Crippen LogP contribution in [-0.2, 0) is 23.8 Å². The Hall–Kier alpha value is -2.98. The van der Waals surface area contributed by atoms with Gasteiger partial charge in [0.15, 0.2) is 0 Å². The topological polar surface area (TPSA) is 100 Å². The van der Waals surface area contributed by atoms with E-state index in [-0.39, 0.29) is 24.6 Å². The zero-order chi connectivity index (χ0) is 18.5. The summed E-state index contributed by atoms with van der Waals surface area (Å²) in [6, 6.07) is 6.92. The highest BCUT2D eigenvalue weighted by Gasteiger charge is 2.32. The molecule has 0 unspecified atom stereocenters. The fourth-order valence-corrected chi connectivity index (χ4v) is 2.79. The van der Waals surface area contributed by atoms with Gasteiger partial charge in [0, 0.05) is 11.8 Å². The van der Waals surface area contributed by atoms with Gasteiger partial charge >= 0.3 is 11.9 Å². The van der Waals surface area contributed by atoms with E-state index in [9.17, 15) is 9.59 Å². The van der Waals surface area contributed by atoms with Gasteiger partial charge in [0.05, 0.1) is 26.4 Å². The minimum Gasteiger partial charge on any atom is -0.466 e. The lowest BCUT2D eigenvalue weighted by atomic mass is 10.1. The first-order valence-corrected chi connectivity index (χ1v) is 8.31. The Morgan fingerprint density at radius 2 is 2.04 bits per heavy atom. The van der Waals surface area contributed by atoms with Crippen LogP contribution in [0.25, 0.3) is 0 Å². The van der Waals surface area contributed by atoms with Crippen molar-refractivity contribution in [2.75, 3.05) is 32.5 Å². The number of hydrogen-bond donors (Lipinski definition) is 0. The molecule has 1 aliphatic rings. The molecular formula is C16H15N3O6S. The van der Waals surface area contributed by atoms with Gasteiger partial charge in [-0.3, -0.25) is 0 Å². The van der Waals surface area contributed by atoms with Gasteiger partial charge in [-0.25, -0.2) is 9.59 Å². The van der Waals surface area contributed by atoms with E-state index in [0.29, 0.717) is 16.6 Å². The highest BCUT2D eigenvalue weighted by atomic mass is 32.1. The van der Waals surface area contributed by atoms with Crippen molar-refractivity contribution >= 4 is 29.0 Å². The Morgan fingerprint density at radius 1 is 1.23 bits per heavy atom. The zero-order valence-corrected chi connectivity index (χ0v) is 14.8. The lowest BCUT2D eigenvalue weighted by Gasteiger charge is -2.31. The quantitative estimate of drug-likeness (QED) is 0.721. The standard InChI is InChI=1S/C16H15N3O6S/c1-22-14(20)12-7-24-9-19(13(12)15(21)23-2)10-4-3-5-11(6-10)25-16-18-17-8-26-16/h3-6,8H,7,9H2,1-2H3. The van der Waals surface area contributed by atoms with Crippen molar-refractivity contribution in [3.05, 3.63) is 41.0 Å². The molecule has 1 aromatic carbocycles. The van der Waals surface area contributed by atoms with Gasteiger partial charge in [0.25, 0.3) is 5.19 Å². The van der Waals surface area contributed by atoms with E-state index < -0.39 is 11.9 Å². The number of ether oxygens (including phenoxy) is 4. The summed E-state index contributed by atoms with van der Waals surface area (Å²) in [4.78, 5) is 25.8. The number of rotatable bonds is 5. The highest BCUT2D eigenvalue weighted by molar-refractivity contribution is 7.11. The summed E-state index contributed by atoms with van der Waals surface area (Å²) >= 11 is 1.25. The van der Waals surface area contributed by atoms with Gasteiger partial charge in [0.1, 0.15) is 23.7 Å². The molecule has 0 spiro atoms. The van der Waals surface area contributed by atoms with E-state index in [1.54, 1.807) is 29.8 Å². The molecule has 0 saturated carbocycles. The highest BCUT2D eigenvalue weighted by Crippen LogP contribution is 2.31. The van der Waals surface area contributed by atoms with Crippen molar-refractivity contribution < 1.29 is 28.5 Å². The molecule has 0 N–H and O–H groups in total. The lowest BCUT2D eigenvalue weighted by molar-refractivity contribution is -0.140. The molecule has 2 heterocycles. The van der Waals surface area contributed by atoms with Crippen LogP contribution in [0.15, 0.2) is 41.0 Å². The molecule has 0 fully saturated rings. The van der Waals surface area contributed by atoms with Gasteiger partial charge in [-0.2, -0.15) is 0 Å². The van der Waals surface area contributed by atoms with Crippen LogP contribution in [-0.4, -0.2) is 49.7 Å². The van der Waals surface area contributed by atoms with Gasteiger partial charge in [-0.1, -0.05) is 22.5 Å². The number of methoxy groups -OCH3 is 2. The molecule has 0 aliphatic carbocycles. The third-order valence-electron chi connectivity index (χ3n) is 3.51. The molecule has 1 aromatic heterocycles. The van der Waals surface area contributed by atoms with E-state index in [4.69, 9.17) is 18.9 Å². The second-order valence-corrected chi connectivity index (χ2v) is 5.82. The second-order valence-electron chi connectivity index (χ2n) is 5.02. The average Bonchev–Trinajstić information content (AvgIpc) is 3.19. The van der Waals surface area contributed by atoms with Crippen LogP contribution in [0, 0.1) is 0 Å². The summed E-state index contributed by atoms with van der Waals surface area (Å²) in [6.07, 6.45) is 0. The van der Waals surface area contributed by atoms with Crippen LogP contribution in [0.4, 0.5) is 5.69 Å². The number of hydrogen-bond acceptors (Lipinski definition) is 10. The van der Waals surface area contributed by atoms with Crippen molar-refractivity contribution in [2.24, 2.45) is 0 Å². The zero-order valence-electron chi connectivity index (χ0n) is 14.0. The molecule has 0 radical (unpaired) electrons. The van der Waals surface area contributed by atoms with Crippen molar-refractivity contribution in [3.8, 4) is 10.9 Å². The van der Waals surface area contributed by atoms with Crippen LogP contribution in [0.5, 0.6) is 10.9 Å². The van der Waals surface area contributed by atoms with E-state index in [1.165, 1.54) is 30.5 Å². The van der Waals surface area contributed by atoms with Gasteiger partial charge in [0.2, 0.25) is 0 Å². The normalized spacial score (nSPS) is 14.2. The first kappa shape index (κ1) is 17.8. The fourth-order valence-electron chi connectivity index (χ4n) is 2.37. The minimum absolute atomic E-state index is 0.0470. The average molecular weight is 377 g/mol. The molecule has 0 atom stereocenters. The summed E-state index contributed by atoms with van der Waals surface area (Å²) in [7, 11) is 2.48. The smallest absolute Gasteiger partial charge is 0.355 e. The maximum absolute atomic E-state index is 12.3. The Labute approximate surface area is 152 Å². The molecule has 3 rings (SSSR count). The third-order valence-corrected chi connectivity index (χ3v) is 4.07. The Kier molecular flexibility index (Phi) is 5.44. The van der Waals surface area contributed by atoms with Crippen molar-refractivity contribution in [2.45, 2.75) is 0 Å². The maximum atomic E-state index is 12.3. The lowest BCUT2D eigenvalue weighted by Crippen LogP contribution is -2.38. The number of aromatic nitrogens is 2. The van der Waals surface area contributed by atoms with Crippen LogP contribution in [0.1, 0.15) is 0 Å². The van der Waals surface area contributed by atoms with E-state index in [2.05, 4.69) is 10.2 Å². The Morgan fingerprint density at radius 3 is 2.73 bits per heavy atom. The van der Waals surface area contributed by atoms with Crippen molar-refractivity contribution in [1.82, 2.24) is 10.2 Å². The summed E-state index contributed by atoms with van der Waals surface area (Å²) in [6.45, 7) is 0.0156. The van der Waals surface area contributed by atoms with Crippen molar-refractivity contribution in [3.63, 3.8) is 0 Å². The molecule has 0 saturated heterocycles.